The fraction of sp³-hybridized carbons (Fsp3) is 0.409. The van der Waals surface area contributed by atoms with E-state index in [2.05, 4.69) is 33.0 Å². The molecule has 0 saturated carbocycles. The molecule has 1 amide bonds. The lowest BCUT2D eigenvalue weighted by Crippen LogP contribution is -2.14. The average molecular weight is 355 g/mol. The number of carbonyl (C=O) groups excluding carboxylic acids is 1. The molecule has 0 unspecified atom stereocenters. The van der Waals surface area contributed by atoms with Crippen LogP contribution in [0.4, 0.5) is 5.69 Å². The van der Waals surface area contributed by atoms with Crippen LogP contribution in [0.5, 0.6) is 11.5 Å². The van der Waals surface area contributed by atoms with Crippen LogP contribution in [0.2, 0.25) is 0 Å². The molecule has 2 aromatic carbocycles. The smallest absolute Gasteiger partial charge is 0.255 e. The maximum absolute atomic E-state index is 12.5. The number of benzene rings is 2. The quantitative estimate of drug-likeness (QED) is 0.674. The van der Waals surface area contributed by atoms with Crippen LogP contribution in [0.3, 0.4) is 0 Å². The Morgan fingerprint density at radius 3 is 2.31 bits per heavy atom. The summed E-state index contributed by atoms with van der Waals surface area (Å²) in [6.45, 7) is 9.24. The fourth-order valence-electron chi connectivity index (χ4n) is 2.51. The molecule has 0 saturated heterocycles. The lowest BCUT2D eigenvalue weighted by Gasteiger charge is -2.19. The number of nitrogens with one attached hydrogen (secondary N) is 1. The zero-order valence-corrected chi connectivity index (χ0v) is 16.4. The van der Waals surface area contributed by atoms with Crippen molar-refractivity contribution in [2.45, 2.75) is 46.0 Å². The van der Waals surface area contributed by atoms with Crippen LogP contribution in [0, 0.1) is 0 Å². The Balaban J connectivity index is 2.09. The molecule has 0 bridgehead atoms. The van der Waals surface area contributed by atoms with Gasteiger partial charge in [0.25, 0.3) is 5.91 Å². The van der Waals surface area contributed by atoms with E-state index in [9.17, 15) is 4.79 Å². The Labute approximate surface area is 156 Å². The third-order valence-electron chi connectivity index (χ3n) is 4.19. The van der Waals surface area contributed by atoms with Gasteiger partial charge in [0.1, 0.15) is 0 Å². The van der Waals surface area contributed by atoms with E-state index < -0.39 is 0 Å². The molecule has 140 valence electrons. The zero-order valence-electron chi connectivity index (χ0n) is 16.4. The summed E-state index contributed by atoms with van der Waals surface area (Å²) in [6, 6.07) is 13.2. The van der Waals surface area contributed by atoms with Gasteiger partial charge in [0.15, 0.2) is 11.5 Å². The van der Waals surface area contributed by atoms with Crippen LogP contribution in [-0.4, -0.2) is 19.6 Å². The van der Waals surface area contributed by atoms with E-state index in [0.29, 0.717) is 23.7 Å². The molecule has 2 rings (SSSR count). The summed E-state index contributed by atoms with van der Waals surface area (Å²) in [5, 5.41) is 2.92. The highest BCUT2D eigenvalue weighted by molar-refractivity contribution is 6.04. The summed E-state index contributed by atoms with van der Waals surface area (Å²) in [4.78, 5) is 12.5. The molecular weight excluding hydrogens is 326 g/mol. The molecule has 0 heterocycles. The van der Waals surface area contributed by atoms with Crippen molar-refractivity contribution in [3.63, 3.8) is 0 Å². The second kappa shape index (κ2) is 8.75. The first kappa shape index (κ1) is 19.8. The number of ether oxygens (including phenoxy) is 2. The summed E-state index contributed by atoms with van der Waals surface area (Å²) in [7, 11) is 1.58. The normalized spacial score (nSPS) is 11.1. The van der Waals surface area contributed by atoms with Crippen molar-refractivity contribution in [3.05, 3.63) is 53.6 Å². The van der Waals surface area contributed by atoms with Crippen molar-refractivity contribution in [2.24, 2.45) is 0 Å². The van der Waals surface area contributed by atoms with Crippen molar-refractivity contribution in [3.8, 4) is 11.5 Å². The predicted octanol–water partition coefficient (Wildman–Crippen LogP) is 5.42. The zero-order chi connectivity index (χ0) is 19.2. The molecule has 4 heteroatoms. The van der Waals surface area contributed by atoms with Crippen LogP contribution >= 0.6 is 0 Å². The molecule has 1 N–H and O–H groups in total. The highest BCUT2D eigenvalue weighted by Gasteiger charge is 2.14. The molecule has 0 fully saturated rings. The molecule has 26 heavy (non-hydrogen) atoms. The third kappa shape index (κ3) is 5.25. The Hall–Kier alpha value is -2.49. The van der Waals surface area contributed by atoms with Gasteiger partial charge in [-0.3, -0.25) is 4.79 Å². The summed E-state index contributed by atoms with van der Waals surface area (Å²) in [5.41, 5.74) is 2.62. The molecule has 0 aromatic heterocycles. The first-order valence-corrected chi connectivity index (χ1v) is 9.08. The Morgan fingerprint density at radius 2 is 1.73 bits per heavy atom. The first-order chi connectivity index (χ1) is 12.3. The summed E-state index contributed by atoms with van der Waals surface area (Å²) in [6.07, 6.45) is 2.05. The largest absolute Gasteiger partial charge is 0.493 e. The van der Waals surface area contributed by atoms with Crippen LogP contribution in [0.1, 0.15) is 56.5 Å². The Morgan fingerprint density at radius 1 is 1.04 bits per heavy atom. The number of anilines is 1. The van der Waals surface area contributed by atoms with E-state index in [1.54, 1.807) is 25.3 Å². The van der Waals surface area contributed by atoms with Crippen LogP contribution in [0.15, 0.2) is 42.5 Å². The highest BCUT2D eigenvalue weighted by atomic mass is 16.5. The number of amides is 1. The fourth-order valence-corrected chi connectivity index (χ4v) is 2.51. The van der Waals surface area contributed by atoms with Gasteiger partial charge in [0.05, 0.1) is 13.7 Å². The minimum absolute atomic E-state index is 0.0868. The number of hydrogen-bond donors (Lipinski definition) is 1. The van der Waals surface area contributed by atoms with Gasteiger partial charge < -0.3 is 14.8 Å². The monoisotopic (exact) mass is 355 g/mol. The van der Waals surface area contributed by atoms with Gasteiger partial charge in [0, 0.05) is 11.3 Å². The number of carbonyl (C=O) groups is 1. The van der Waals surface area contributed by atoms with Crippen LogP contribution in [0.25, 0.3) is 0 Å². The topological polar surface area (TPSA) is 47.6 Å². The molecule has 0 atom stereocenters. The second-order valence-corrected chi connectivity index (χ2v) is 7.35. The van der Waals surface area contributed by atoms with Gasteiger partial charge >= 0.3 is 0 Å². The molecule has 0 radical (unpaired) electrons. The molecule has 0 aliphatic rings. The molecular formula is C22H29NO3. The van der Waals surface area contributed by atoms with Crippen LogP contribution in [-0.2, 0) is 5.41 Å². The number of rotatable bonds is 7. The van der Waals surface area contributed by atoms with Gasteiger partial charge in [-0.1, -0.05) is 46.2 Å². The summed E-state index contributed by atoms with van der Waals surface area (Å²) >= 11 is 0. The van der Waals surface area contributed by atoms with E-state index in [1.165, 1.54) is 5.56 Å². The lowest BCUT2D eigenvalue weighted by molar-refractivity contribution is 0.102. The van der Waals surface area contributed by atoms with Crippen molar-refractivity contribution >= 4 is 11.6 Å². The molecule has 0 aliphatic carbocycles. The van der Waals surface area contributed by atoms with Crippen molar-refractivity contribution in [1.29, 1.82) is 0 Å². The molecule has 4 nitrogen and oxygen atoms in total. The van der Waals surface area contributed by atoms with Crippen molar-refractivity contribution in [2.75, 3.05) is 19.0 Å². The highest BCUT2D eigenvalue weighted by Crippen LogP contribution is 2.29. The lowest BCUT2D eigenvalue weighted by atomic mass is 9.87. The van der Waals surface area contributed by atoms with E-state index in [-0.39, 0.29) is 11.3 Å². The van der Waals surface area contributed by atoms with Gasteiger partial charge in [-0.05, 0) is 47.7 Å². The van der Waals surface area contributed by atoms with Crippen molar-refractivity contribution < 1.29 is 14.3 Å². The van der Waals surface area contributed by atoms with E-state index in [4.69, 9.17) is 9.47 Å². The summed E-state index contributed by atoms with van der Waals surface area (Å²) < 4.78 is 11.1. The molecule has 0 spiro atoms. The SMILES string of the molecule is CCCCOc1ccc(C(=O)Nc2ccc(C(C)(C)C)cc2)cc1OC. The van der Waals surface area contributed by atoms with E-state index in [0.717, 1.165) is 18.5 Å². The number of hydrogen-bond acceptors (Lipinski definition) is 3. The Kier molecular flexibility index (Phi) is 6.67. The minimum atomic E-state index is -0.174. The van der Waals surface area contributed by atoms with Gasteiger partial charge in [0.2, 0.25) is 0 Å². The second-order valence-electron chi connectivity index (χ2n) is 7.35. The van der Waals surface area contributed by atoms with E-state index >= 15 is 0 Å². The summed E-state index contributed by atoms with van der Waals surface area (Å²) in [5.74, 6) is 1.05. The minimum Gasteiger partial charge on any atom is -0.493 e. The maximum Gasteiger partial charge on any atom is 0.255 e. The Bertz CT molecular complexity index is 730. The predicted molar refractivity (Wildman–Crippen MR) is 106 cm³/mol. The molecule has 0 aliphatic heterocycles. The number of unbranched alkanes of at least 4 members (excludes halogenated alkanes) is 1. The van der Waals surface area contributed by atoms with Gasteiger partial charge in [-0.25, -0.2) is 0 Å². The number of methoxy groups -OCH3 is 1. The standard InChI is InChI=1S/C22H29NO3/c1-6-7-14-26-19-13-8-16(15-20(19)25-5)21(24)23-18-11-9-17(10-12-18)22(2,3)4/h8-13,15H,6-7,14H2,1-5H3,(H,23,24). The average Bonchev–Trinajstić information content (AvgIpc) is 2.61. The third-order valence-corrected chi connectivity index (χ3v) is 4.19. The molecule has 2 aromatic rings. The van der Waals surface area contributed by atoms with Crippen LogP contribution < -0.4 is 14.8 Å². The first-order valence-electron chi connectivity index (χ1n) is 9.08. The van der Waals surface area contributed by atoms with E-state index in [1.807, 2.05) is 24.3 Å². The van der Waals surface area contributed by atoms with Crippen molar-refractivity contribution in [1.82, 2.24) is 0 Å². The maximum atomic E-state index is 12.5. The van der Waals surface area contributed by atoms with Gasteiger partial charge in [-0.15, -0.1) is 0 Å². The van der Waals surface area contributed by atoms with Gasteiger partial charge in [-0.2, -0.15) is 0 Å².